The molecule has 0 spiro atoms. The second-order valence-corrected chi connectivity index (χ2v) is 8.43. The van der Waals surface area contributed by atoms with Crippen LogP contribution in [0.2, 0.25) is 10.0 Å². The van der Waals surface area contributed by atoms with Crippen LogP contribution in [0.1, 0.15) is 5.56 Å². The highest BCUT2D eigenvalue weighted by atomic mass is 35.5. The van der Waals surface area contributed by atoms with Gasteiger partial charge in [0.05, 0.1) is 28.0 Å². The first-order valence-corrected chi connectivity index (χ1v) is 11.2. The van der Waals surface area contributed by atoms with Gasteiger partial charge in [-0.1, -0.05) is 89.6 Å². The Morgan fingerprint density at radius 1 is 0.871 bits per heavy atom. The van der Waals surface area contributed by atoms with E-state index < -0.39 is 0 Å². The quantitative estimate of drug-likeness (QED) is 0.336. The fourth-order valence-electron chi connectivity index (χ4n) is 3.02. The number of amides is 1. The minimum atomic E-state index is -0.174. The highest BCUT2D eigenvalue weighted by molar-refractivity contribution is 7.99. The zero-order chi connectivity index (χ0) is 21.6. The van der Waals surface area contributed by atoms with Gasteiger partial charge in [0.1, 0.15) is 0 Å². The SMILES string of the molecule is O=C(CSc1nnc(-c2ccccc2Cl)n1Cc1ccccc1)Nc1ccccc1Cl. The van der Waals surface area contributed by atoms with Crippen LogP contribution < -0.4 is 5.32 Å². The fourth-order valence-corrected chi connectivity index (χ4v) is 4.17. The average Bonchev–Trinajstić information content (AvgIpc) is 3.17. The number of carbonyl (C=O) groups is 1. The van der Waals surface area contributed by atoms with Crippen LogP contribution in [0.25, 0.3) is 11.4 Å². The van der Waals surface area contributed by atoms with E-state index in [2.05, 4.69) is 15.5 Å². The number of hydrogen-bond acceptors (Lipinski definition) is 4. The van der Waals surface area contributed by atoms with Crippen LogP contribution in [-0.2, 0) is 11.3 Å². The standard InChI is InChI=1S/C23H18Cl2N4OS/c24-18-11-5-4-10-17(18)22-27-28-23(29(22)14-16-8-2-1-3-9-16)31-15-21(30)26-20-13-7-6-12-19(20)25/h1-13H,14-15H2,(H,26,30). The minimum Gasteiger partial charge on any atom is -0.324 e. The summed E-state index contributed by atoms with van der Waals surface area (Å²) in [5.74, 6) is 0.649. The van der Waals surface area contributed by atoms with Crippen LogP contribution in [0.5, 0.6) is 0 Å². The molecule has 0 aliphatic heterocycles. The van der Waals surface area contributed by atoms with Crippen LogP contribution in [0.4, 0.5) is 5.69 Å². The molecule has 8 heteroatoms. The van der Waals surface area contributed by atoms with E-state index in [4.69, 9.17) is 23.2 Å². The predicted octanol–water partition coefficient (Wildman–Crippen LogP) is 6.03. The van der Waals surface area contributed by atoms with E-state index in [1.54, 1.807) is 12.1 Å². The lowest BCUT2D eigenvalue weighted by Crippen LogP contribution is -2.15. The van der Waals surface area contributed by atoms with Crippen LogP contribution in [-0.4, -0.2) is 26.4 Å². The maximum absolute atomic E-state index is 12.5. The lowest BCUT2D eigenvalue weighted by atomic mass is 10.2. The number of aromatic nitrogens is 3. The number of halogens is 2. The summed E-state index contributed by atoms with van der Waals surface area (Å²) < 4.78 is 1.98. The van der Waals surface area contributed by atoms with E-state index in [-0.39, 0.29) is 11.7 Å². The molecule has 0 saturated carbocycles. The molecular formula is C23H18Cl2N4OS. The number of nitrogens with zero attached hydrogens (tertiary/aromatic N) is 3. The molecule has 3 aromatic carbocycles. The number of thioether (sulfide) groups is 1. The molecule has 5 nitrogen and oxygen atoms in total. The van der Waals surface area contributed by atoms with Crippen molar-refractivity contribution in [3.8, 4) is 11.4 Å². The van der Waals surface area contributed by atoms with Crippen molar-refractivity contribution < 1.29 is 4.79 Å². The molecule has 0 bridgehead atoms. The van der Waals surface area contributed by atoms with Gasteiger partial charge in [0, 0.05) is 5.56 Å². The maximum atomic E-state index is 12.5. The number of nitrogens with one attached hydrogen (secondary N) is 1. The van der Waals surface area contributed by atoms with E-state index in [9.17, 15) is 4.79 Å². The van der Waals surface area contributed by atoms with Crippen LogP contribution >= 0.6 is 35.0 Å². The Labute approximate surface area is 194 Å². The molecule has 31 heavy (non-hydrogen) atoms. The number of hydrogen-bond donors (Lipinski definition) is 1. The molecule has 4 rings (SSSR count). The first-order valence-electron chi connectivity index (χ1n) is 9.51. The van der Waals surface area contributed by atoms with E-state index >= 15 is 0 Å². The van der Waals surface area contributed by atoms with Crippen molar-refractivity contribution in [2.75, 3.05) is 11.1 Å². The molecule has 1 heterocycles. The van der Waals surface area contributed by atoms with Gasteiger partial charge in [0.25, 0.3) is 0 Å². The van der Waals surface area contributed by atoms with E-state index in [1.807, 2.05) is 71.3 Å². The zero-order valence-electron chi connectivity index (χ0n) is 16.3. The first-order chi connectivity index (χ1) is 15.1. The normalized spacial score (nSPS) is 10.8. The number of anilines is 1. The van der Waals surface area contributed by atoms with Crippen LogP contribution in [0, 0.1) is 0 Å². The van der Waals surface area contributed by atoms with Gasteiger partial charge in [-0.3, -0.25) is 9.36 Å². The van der Waals surface area contributed by atoms with Crippen molar-refractivity contribution >= 4 is 46.6 Å². The topological polar surface area (TPSA) is 59.8 Å². The van der Waals surface area contributed by atoms with Gasteiger partial charge in [0.15, 0.2) is 11.0 Å². The van der Waals surface area contributed by atoms with Crippen molar-refractivity contribution in [2.45, 2.75) is 11.7 Å². The van der Waals surface area contributed by atoms with Gasteiger partial charge in [0.2, 0.25) is 5.91 Å². The van der Waals surface area contributed by atoms with E-state index in [0.29, 0.717) is 33.3 Å². The minimum absolute atomic E-state index is 0.167. The third kappa shape index (κ3) is 5.28. The molecule has 0 aliphatic rings. The summed E-state index contributed by atoms with van der Waals surface area (Å²) in [5, 5.41) is 13.3. The number of rotatable bonds is 7. The van der Waals surface area contributed by atoms with E-state index in [1.165, 1.54) is 11.8 Å². The second-order valence-electron chi connectivity index (χ2n) is 6.67. The summed E-state index contributed by atoms with van der Waals surface area (Å²) in [7, 11) is 0. The summed E-state index contributed by atoms with van der Waals surface area (Å²) >= 11 is 13.8. The Balaban J connectivity index is 1.57. The maximum Gasteiger partial charge on any atom is 0.234 e. The zero-order valence-corrected chi connectivity index (χ0v) is 18.7. The summed E-state index contributed by atoms with van der Waals surface area (Å²) in [6.07, 6.45) is 0. The van der Waals surface area contributed by atoms with Crippen molar-refractivity contribution in [3.05, 3.63) is 94.5 Å². The Morgan fingerprint density at radius 3 is 2.29 bits per heavy atom. The molecule has 1 N–H and O–H groups in total. The highest BCUT2D eigenvalue weighted by Crippen LogP contribution is 2.30. The molecule has 0 saturated heterocycles. The van der Waals surface area contributed by atoms with Crippen molar-refractivity contribution in [3.63, 3.8) is 0 Å². The lowest BCUT2D eigenvalue weighted by molar-refractivity contribution is -0.113. The number of carbonyl (C=O) groups excluding carboxylic acids is 1. The van der Waals surface area contributed by atoms with Crippen molar-refractivity contribution in [2.24, 2.45) is 0 Å². The third-order valence-electron chi connectivity index (χ3n) is 4.50. The Bertz CT molecular complexity index is 1200. The molecule has 1 amide bonds. The number of benzene rings is 3. The molecule has 4 aromatic rings. The molecule has 0 fully saturated rings. The van der Waals surface area contributed by atoms with Gasteiger partial charge < -0.3 is 5.32 Å². The molecule has 0 radical (unpaired) electrons. The Kier molecular flexibility index (Phi) is 6.92. The number of para-hydroxylation sites is 1. The Morgan fingerprint density at radius 2 is 1.55 bits per heavy atom. The van der Waals surface area contributed by atoms with Crippen molar-refractivity contribution in [1.82, 2.24) is 14.8 Å². The third-order valence-corrected chi connectivity index (χ3v) is 6.12. The average molecular weight is 469 g/mol. The first kappa shape index (κ1) is 21.4. The van der Waals surface area contributed by atoms with Crippen LogP contribution in [0.15, 0.2) is 84.0 Å². The van der Waals surface area contributed by atoms with Crippen LogP contribution in [0.3, 0.4) is 0 Å². The van der Waals surface area contributed by atoms with Gasteiger partial charge in [-0.15, -0.1) is 10.2 Å². The molecule has 0 aliphatic carbocycles. The molecule has 156 valence electrons. The smallest absolute Gasteiger partial charge is 0.234 e. The summed E-state index contributed by atoms with van der Waals surface area (Å²) in [6, 6.07) is 24.7. The summed E-state index contributed by atoms with van der Waals surface area (Å²) in [4.78, 5) is 12.5. The van der Waals surface area contributed by atoms with Gasteiger partial charge in [-0.05, 0) is 29.8 Å². The summed E-state index contributed by atoms with van der Waals surface area (Å²) in [5.41, 5.74) is 2.47. The van der Waals surface area contributed by atoms with E-state index in [0.717, 1.165) is 11.1 Å². The van der Waals surface area contributed by atoms with Crippen molar-refractivity contribution in [1.29, 1.82) is 0 Å². The monoisotopic (exact) mass is 468 g/mol. The molecular weight excluding hydrogens is 451 g/mol. The largest absolute Gasteiger partial charge is 0.324 e. The van der Waals surface area contributed by atoms with Gasteiger partial charge >= 0.3 is 0 Å². The van der Waals surface area contributed by atoms with Gasteiger partial charge in [-0.2, -0.15) is 0 Å². The molecule has 0 atom stereocenters. The summed E-state index contributed by atoms with van der Waals surface area (Å²) in [6.45, 7) is 0.558. The fraction of sp³-hybridized carbons (Fsp3) is 0.0870. The molecule has 0 unspecified atom stereocenters. The lowest BCUT2D eigenvalue weighted by Gasteiger charge is -2.11. The highest BCUT2D eigenvalue weighted by Gasteiger charge is 2.18. The van der Waals surface area contributed by atoms with Gasteiger partial charge in [-0.25, -0.2) is 0 Å². The Hall–Kier alpha value is -2.80. The second kappa shape index (κ2) is 10.0. The molecule has 1 aromatic heterocycles. The predicted molar refractivity (Wildman–Crippen MR) is 127 cm³/mol.